The highest BCUT2D eigenvalue weighted by Gasteiger charge is 2.49. The summed E-state index contributed by atoms with van der Waals surface area (Å²) in [4.78, 5) is 30.5. The van der Waals surface area contributed by atoms with E-state index in [9.17, 15) is 18.0 Å². The fourth-order valence-corrected chi connectivity index (χ4v) is 8.21. The summed E-state index contributed by atoms with van der Waals surface area (Å²) in [5, 5.41) is 0.396. The van der Waals surface area contributed by atoms with Crippen LogP contribution in [0.1, 0.15) is 77.3 Å². The summed E-state index contributed by atoms with van der Waals surface area (Å²) < 4.78 is 44.2. The molecule has 10 heteroatoms. The second kappa shape index (κ2) is 13.2. The Hall–Kier alpha value is -3.40. The molecule has 8 nitrogen and oxygen atoms in total. The maximum absolute atomic E-state index is 14.2. The van der Waals surface area contributed by atoms with Gasteiger partial charge in [-0.3, -0.25) is 9.59 Å². The number of halogens is 1. The first kappa shape index (κ1) is 34.9. The van der Waals surface area contributed by atoms with Crippen molar-refractivity contribution in [2.75, 3.05) is 26.9 Å². The van der Waals surface area contributed by atoms with Gasteiger partial charge in [0, 0.05) is 65.5 Å². The van der Waals surface area contributed by atoms with Gasteiger partial charge in [-0.05, 0) is 72.9 Å². The lowest BCUT2D eigenvalue weighted by molar-refractivity contribution is -0.119. The fraction of sp³-hybridized carbons (Fsp3) is 0.459. The van der Waals surface area contributed by atoms with Crippen molar-refractivity contribution in [1.82, 2.24) is 4.90 Å². The van der Waals surface area contributed by atoms with Gasteiger partial charge in [0.05, 0.1) is 13.2 Å². The Balaban J connectivity index is 1.75. The Bertz CT molecular complexity index is 1720. The van der Waals surface area contributed by atoms with E-state index in [1.807, 2.05) is 6.07 Å². The van der Waals surface area contributed by atoms with Crippen LogP contribution >= 0.6 is 11.6 Å². The van der Waals surface area contributed by atoms with Gasteiger partial charge in [-0.2, -0.15) is 8.42 Å². The Kier molecular flexibility index (Phi) is 9.84. The van der Waals surface area contributed by atoms with Gasteiger partial charge in [0.2, 0.25) is 0 Å². The van der Waals surface area contributed by atoms with E-state index in [0.29, 0.717) is 66.1 Å². The quantitative estimate of drug-likeness (QED) is 0.177. The highest BCUT2D eigenvalue weighted by atomic mass is 35.5. The normalized spacial score (nSPS) is 19.4. The van der Waals surface area contributed by atoms with E-state index in [1.165, 1.54) is 24.3 Å². The van der Waals surface area contributed by atoms with Crippen molar-refractivity contribution in [2.24, 2.45) is 10.8 Å². The van der Waals surface area contributed by atoms with Crippen LogP contribution in [0.5, 0.6) is 11.5 Å². The highest BCUT2D eigenvalue weighted by molar-refractivity contribution is 7.87. The molecule has 2 aromatic rings. The molecular formula is C37H44ClNO7S. The minimum atomic E-state index is -4.27. The van der Waals surface area contributed by atoms with Crippen molar-refractivity contribution in [3.05, 3.63) is 87.7 Å². The van der Waals surface area contributed by atoms with Crippen LogP contribution in [0.15, 0.2) is 76.5 Å². The first-order valence-electron chi connectivity index (χ1n) is 16.0. The molecule has 0 saturated heterocycles. The lowest BCUT2D eigenvalue weighted by atomic mass is 9.63. The van der Waals surface area contributed by atoms with Gasteiger partial charge >= 0.3 is 10.1 Å². The van der Waals surface area contributed by atoms with Crippen molar-refractivity contribution in [2.45, 2.75) is 77.5 Å². The summed E-state index contributed by atoms with van der Waals surface area (Å²) in [5.74, 6) is -0.393. The lowest BCUT2D eigenvalue weighted by Crippen LogP contribution is -2.45. The van der Waals surface area contributed by atoms with E-state index >= 15 is 0 Å². The Morgan fingerprint density at radius 2 is 1.53 bits per heavy atom. The first-order valence-corrected chi connectivity index (χ1v) is 17.8. The standard InChI is InChI=1S/C37H44ClNO7S/c1-8-10-23-17-24(18-31(45-9-2)35(23)46-47(42,43)26-13-11-25(38)12-14-26)32-33-27(19-36(3,4)21-29(33)40)39(15-16-44-7)28-20-37(5,6)22-30(41)34(28)32/h8,11-14,17-18,32H,1,9-10,15-16,19-22H2,2-7H3. The molecular weight excluding hydrogens is 638 g/mol. The molecule has 0 N–H and O–H groups in total. The van der Waals surface area contributed by atoms with Crippen LogP contribution in [-0.4, -0.2) is 51.8 Å². The number of allylic oxidation sites excluding steroid dienone is 5. The number of ether oxygens (including phenoxy) is 2. The summed E-state index contributed by atoms with van der Waals surface area (Å²) in [6.07, 6.45) is 3.94. The van der Waals surface area contributed by atoms with Gasteiger partial charge in [-0.1, -0.05) is 51.4 Å². The SMILES string of the molecule is C=CCc1cc(C2C3=C(CC(C)(C)CC3=O)N(CCOC)C3=C2C(=O)CC(C)(C)C3)cc(OCC)c1OS(=O)(=O)c1ccc(Cl)cc1. The number of carbonyl (C=O) groups excluding carboxylic acids is 2. The van der Waals surface area contributed by atoms with Crippen LogP contribution in [-0.2, 0) is 30.9 Å². The number of methoxy groups -OCH3 is 1. The largest absolute Gasteiger partial charge is 0.490 e. The Labute approximate surface area is 283 Å². The van der Waals surface area contributed by atoms with Crippen LogP contribution in [0, 0.1) is 10.8 Å². The second-order valence-electron chi connectivity index (χ2n) is 14.1. The number of benzene rings is 2. The van der Waals surface area contributed by atoms with E-state index in [-0.39, 0.29) is 51.8 Å². The molecule has 2 aliphatic carbocycles. The maximum atomic E-state index is 14.2. The smallest absolute Gasteiger partial charge is 0.339 e. The number of rotatable bonds is 11. The number of nitrogens with zero attached hydrogens (tertiary/aromatic N) is 1. The van der Waals surface area contributed by atoms with Gasteiger partial charge < -0.3 is 18.6 Å². The van der Waals surface area contributed by atoms with Crippen molar-refractivity contribution >= 4 is 33.3 Å². The second-order valence-corrected chi connectivity index (χ2v) is 16.1. The van der Waals surface area contributed by atoms with E-state index in [1.54, 1.807) is 26.2 Å². The van der Waals surface area contributed by atoms with Gasteiger partial charge in [-0.25, -0.2) is 0 Å². The minimum Gasteiger partial charge on any atom is -0.490 e. The number of carbonyl (C=O) groups is 2. The molecule has 5 rings (SSSR count). The molecule has 3 aliphatic rings. The van der Waals surface area contributed by atoms with Crippen molar-refractivity contribution in [1.29, 1.82) is 0 Å². The summed E-state index contributed by atoms with van der Waals surface area (Å²) in [6, 6.07) is 9.29. The molecule has 252 valence electrons. The van der Waals surface area contributed by atoms with Crippen LogP contribution in [0.3, 0.4) is 0 Å². The molecule has 0 fully saturated rings. The third-order valence-electron chi connectivity index (χ3n) is 8.99. The molecule has 0 radical (unpaired) electrons. The van der Waals surface area contributed by atoms with Gasteiger partial charge in [-0.15, -0.1) is 6.58 Å². The number of hydrogen-bond donors (Lipinski definition) is 0. The topological polar surface area (TPSA) is 99.2 Å². The zero-order valence-electron chi connectivity index (χ0n) is 28.1. The highest BCUT2D eigenvalue weighted by Crippen LogP contribution is 2.55. The van der Waals surface area contributed by atoms with Crippen LogP contribution in [0.25, 0.3) is 0 Å². The molecule has 0 atom stereocenters. The van der Waals surface area contributed by atoms with Crippen LogP contribution in [0.4, 0.5) is 0 Å². The minimum absolute atomic E-state index is 0.00160. The fourth-order valence-electron chi connectivity index (χ4n) is 7.11. The number of ketones is 2. The van der Waals surface area contributed by atoms with E-state index in [2.05, 4.69) is 39.2 Å². The van der Waals surface area contributed by atoms with E-state index in [0.717, 1.165) is 11.4 Å². The predicted octanol–water partition coefficient (Wildman–Crippen LogP) is 7.57. The monoisotopic (exact) mass is 681 g/mol. The summed E-state index contributed by atoms with van der Waals surface area (Å²) in [5.41, 5.74) is 3.72. The molecule has 47 heavy (non-hydrogen) atoms. The molecule has 0 saturated carbocycles. The molecule has 0 bridgehead atoms. The van der Waals surface area contributed by atoms with Crippen molar-refractivity contribution < 1.29 is 31.7 Å². The van der Waals surface area contributed by atoms with E-state index in [4.69, 9.17) is 25.3 Å². The van der Waals surface area contributed by atoms with Gasteiger partial charge in [0.25, 0.3) is 0 Å². The molecule has 0 aromatic heterocycles. The zero-order chi connectivity index (χ0) is 34.3. The van der Waals surface area contributed by atoms with E-state index < -0.39 is 16.0 Å². The Morgan fingerprint density at radius 1 is 0.957 bits per heavy atom. The van der Waals surface area contributed by atoms with Crippen LogP contribution < -0.4 is 8.92 Å². The van der Waals surface area contributed by atoms with Gasteiger partial charge in [0.15, 0.2) is 23.1 Å². The molecule has 0 amide bonds. The molecule has 2 aromatic carbocycles. The zero-order valence-corrected chi connectivity index (χ0v) is 29.6. The third-order valence-corrected chi connectivity index (χ3v) is 10.5. The average Bonchev–Trinajstić information content (AvgIpc) is 2.96. The molecule has 0 unspecified atom stereocenters. The first-order chi connectivity index (χ1) is 22.1. The summed E-state index contributed by atoms with van der Waals surface area (Å²) >= 11 is 6.00. The maximum Gasteiger partial charge on any atom is 0.339 e. The summed E-state index contributed by atoms with van der Waals surface area (Å²) in [7, 11) is -2.62. The third kappa shape index (κ3) is 7.08. The van der Waals surface area contributed by atoms with Crippen molar-refractivity contribution in [3.63, 3.8) is 0 Å². The number of hydrogen-bond acceptors (Lipinski definition) is 8. The molecule has 1 heterocycles. The molecule has 1 aliphatic heterocycles. The molecule has 0 spiro atoms. The number of Topliss-reactive ketones (excluding diaryl/α,β-unsaturated/α-hetero) is 2. The lowest BCUT2D eigenvalue weighted by Gasteiger charge is -2.49. The predicted molar refractivity (Wildman–Crippen MR) is 182 cm³/mol. The van der Waals surface area contributed by atoms with Gasteiger partial charge in [0.1, 0.15) is 4.90 Å². The van der Waals surface area contributed by atoms with Crippen LogP contribution in [0.2, 0.25) is 5.02 Å². The summed E-state index contributed by atoms with van der Waals surface area (Å²) in [6.45, 7) is 15.3. The Morgan fingerprint density at radius 3 is 2.04 bits per heavy atom. The average molecular weight is 682 g/mol. The van der Waals surface area contributed by atoms with Crippen molar-refractivity contribution in [3.8, 4) is 11.5 Å².